The van der Waals surface area contributed by atoms with Crippen LogP contribution in [0, 0.1) is 11.3 Å². The van der Waals surface area contributed by atoms with Gasteiger partial charge in [0.1, 0.15) is 5.41 Å². The molecule has 0 saturated carbocycles. The van der Waals surface area contributed by atoms with Crippen molar-refractivity contribution in [2.24, 2.45) is 11.3 Å². The van der Waals surface area contributed by atoms with E-state index in [1.807, 2.05) is 30.3 Å². The monoisotopic (exact) mass is 353 g/mol. The Balaban J connectivity index is 1.49. The van der Waals surface area contributed by atoms with E-state index in [0.29, 0.717) is 18.8 Å². The Kier molecular flexibility index (Phi) is 4.08. The number of nitrogens with zero attached hydrogens (tertiary/aromatic N) is 2. The molecule has 134 valence electrons. The summed E-state index contributed by atoms with van der Waals surface area (Å²) in [5.74, 6) is -1.06. The van der Waals surface area contributed by atoms with Gasteiger partial charge in [-0.15, -0.1) is 0 Å². The van der Waals surface area contributed by atoms with E-state index in [2.05, 4.69) is 10.3 Å². The van der Waals surface area contributed by atoms with Gasteiger partial charge < -0.3 is 20.1 Å². The van der Waals surface area contributed by atoms with E-state index in [9.17, 15) is 14.7 Å². The number of carbonyl (C=O) groups is 2. The van der Waals surface area contributed by atoms with Gasteiger partial charge in [0, 0.05) is 36.5 Å². The van der Waals surface area contributed by atoms with Gasteiger partial charge >= 0.3 is 12.0 Å². The van der Waals surface area contributed by atoms with Crippen LogP contribution in [0.25, 0.3) is 11.3 Å². The zero-order valence-corrected chi connectivity index (χ0v) is 14.1. The van der Waals surface area contributed by atoms with Crippen LogP contribution in [0.15, 0.2) is 48.7 Å². The van der Waals surface area contributed by atoms with Crippen LogP contribution in [0.1, 0.15) is 0 Å². The number of carboxylic acids is 1. The highest BCUT2D eigenvalue weighted by atomic mass is 16.5. The number of hydrogen-bond donors (Lipinski definition) is 2. The third-order valence-corrected chi connectivity index (χ3v) is 5.17. The molecule has 4 rings (SSSR count). The quantitative estimate of drug-likeness (QED) is 0.883. The molecule has 7 heteroatoms. The van der Waals surface area contributed by atoms with Crippen molar-refractivity contribution in [2.45, 2.75) is 0 Å². The van der Waals surface area contributed by atoms with Gasteiger partial charge in [0.15, 0.2) is 0 Å². The molecular weight excluding hydrogens is 334 g/mol. The normalized spacial score (nSPS) is 24.3. The Labute approximate surface area is 150 Å². The maximum atomic E-state index is 12.6. The van der Waals surface area contributed by atoms with Gasteiger partial charge in [-0.1, -0.05) is 30.3 Å². The largest absolute Gasteiger partial charge is 0.481 e. The summed E-state index contributed by atoms with van der Waals surface area (Å²) >= 11 is 0. The maximum Gasteiger partial charge on any atom is 0.321 e. The number of carboxylic acid groups (broad SMARTS) is 1. The predicted octanol–water partition coefficient (Wildman–Crippen LogP) is 2.31. The number of aliphatic carboxylic acids is 1. The summed E-state index contributed by atoms with van der Waals surface area (Å²) in [4.78, 5) is 30.2. The van der Waals surface area contributed by atoms with Crippen LogP contribution in [-0.2, 0) is 9.53 Å². The number of hydrogen-bond acceptors (Lipinski definition) is 4. The summed E-state index contributed by atoms with van der Waals surface area (Å²) in [5, 5.41) is 12.4. The van der Waals surface area contributed by atoms with Crippen molar-refractivity contribution in [3.05, 3.63) is 48.7 Å². The summed E-state index contributed by atoms with van der Waals surface area (Å²) in [6.07, 6.45) is 1.64. The number of aromatic nitrogens is 1. The number of ether oxygens (including phenoxy) is 1. The molecule has 26 heavy (non-hydrogen) atoms. The van der Waals surface area contributed by atoms with E-state index in [0.717, 1.165) is 11.3 Å². The van der Waals surface area contributed by atoms with Crippen molar-refractivity contribution < 1.29 is 19.4 Å². The minimum absolute atomic E-state index is 0.157. The number of pyridine rings is 1. The number of fused-ring (bicyclic) bond motifs is 1. The second-order valence-electron chi connectivity index (χ2n) is 6.78. The molecule has 2 aliphatic heterocycles. The standard InChI is InChI=1S/C19H19N3O4/c23-17(24)19-11-22(9-14(19)10-26-12-19)18(25)21-15-6-7-20-16(8-15)13-4-2-1-3-5-13/h1-8,14H,9-12H2,(H,23,24)(H,20,21,25)/t14-,19-/m1/s1. The molecular formula is C19H19N3O4. The fourth-order valence-electron chi connectivity index (χ4n) is 3.67. The molecule has 1 aromatic carbocycles. The Morgan fingerprint density at radius 2 is 2.08 bits per heavy atom. The summed E-state index contributed by atoms with van der Waals surface area (Å²) in [7, 11) is 0. The van der Waals surface area contributed by atoms with Crippen LogP contribution in [0.5, 0.6) is 0 Å². The van der Waals surface area contributed by atoms with Gasteiger partial charge in [0.2, 0.25) is 0 Å². The predicted molar refractivity (Wildman–Crippen MR) is 94.6 cm³/mol. The topological polar surface area (TPSA) is 91.8 Å². The van der Waals surface area contributed by atoms with Gasteiger partial charge in [-0.2, -0.15) is 0 Å². The molecule has 0 bridgehead atoms. The summed E-state index contributed by atoms with van der Waals surface area (Å²) in [6.45, 7) is 1.08. The second kappa shape index (κ2) is 6.42. The lowest BCUT2D eigenvalue weighted by atomic mass is 9.81. The van der Waals surface area contributed by atoms with Crippen LogP contribution in [0.2, 0.25) is 0 Å². The van der Waals surface area contributed by atoms with E-state index in [4.69, 9.17) is 4.74 Å². The number of anilines is 1. The van der Waals surface area contributed by atoms with Crippen molar-refractivity contribution in [3.63, 3.8) is 0 Å². The van der Waals surface area contributed by atoms with Crippen molar-refractivity contribution >= 4 is 17.7 Å². The van der Waals surface area contributed by atoms with Crippen molar-refractivity contribution in [2.75, 3.05) is 31.6 Å². The number of nitrogens with one attached hydrogen (secondary N) is 1. The van der Waals surface area contributed by atoms with Crippen LogP contribution in [0.3, 0.4) is 0 Å². The van der Waals surface area contributed by atoms with Crippen LogP contribution >= 0.6 is 0 Å². The van der Waals surface area contributed by atoms with E-state index in [-0.39, 0.29) is 25.1 Å². The minimum Gasteiger partial charge on any atom is -0.481 e. The minimum atomic E-state index is -0.981. The lowest BCUT2D eigenvalue weighted by molar-refractivity contribution is -0.149. The molecule has 2 atom stereocenters. The lowest BCUT2D eigenvalue weighted by Gasteiger charge is -2.22. The molecule has 2 aliphatic rings. The molecule has 2 aromatic rings. The number of benzene rings is 1. The van der Waals surface area contributed by atoms with E-state index in [1.165, 1.54) is 0 Å². The number of rotatable bonds is 3. The number of likely N-dealkylation sites (tertiary alicyclic amines) is 1. The molecule has 0 aliphatic carbocycles. The molecule has 3 heterocycles. The van der Waals surface area contributed by atoms with Gasteiger partial charge in [-0.3, -0.25) is 9.78 Å². The molecule has 0 radical (unpaired) electrons. The second-order valence-corrected chi connectivity index (χ2v) is 6.78. The van der Waals surface area contributed by atoms with Gasteiger partial charge in [-0.05, 0) is 12.1 Å². The first-order chi connectivity index (χ1) is 12.6. The van der Waals surface area contributed by atoms with E-state index in [1.54, 1.807) is 23.2 Å². The smallest absolute Gasteiger partial charge is 0.321 e. The zero-order chi connectivity index (χ0) is 18.1. The number of urea groups is 1. The van der Waals surface area contributed by atoms with Crippen LogP contribution < -0.4 is 5.32 Å². The Morgan fingerprint density at radius 3 is 2.81 bits per heavy atom. The maximum absolute atomic E-state index is 12.6. The Morgan fingerprint density at radius 1 is 1.27 bits per heavy atom. The molecule has 2 N–H and O–H groups in total. The highest BCUT2D eigenvalue weighted by Gasteiger charge is 2.57. The molecule has 1 aromatic heterocycles. The van der Waals surface area contributed by atoms with Crippen molar-refractivity contribution in [3.8, 4) is 11.3 Å². The summed E-state index contributed by atoms with van der Waals surface area (Å²) in [5.41, 5.74) is 1.37. The third-order valence-electron chi connectivity index (χ3n) is 5.17. The zero-order valence-electron chi connectivity index (χ0n) is 14.1. The SMILES string of the molecule is O=C(Nc1ccnc(-c2ccccc2)c1)N1C[C@@H]2COC[C@]2(C(=O)O)C1. The van der Waals surface area contributed by atoms with E-state index < -0.39 is 11.4 Å². The first-order valence-electron chi connectivity index (χ1n) is 8.47. The van der Waals surface area contributed by atoms with Crippen LogP contribution in [-0.4, -0.2) is 53.3 Å². The highest BCUT2D eigenvalue weighted by molar-refractivity contribution is 5.91. The first kappa shape index (κ1) is 16.5. The molecule has 7 nitrogen and oxygen atoms in total. The van der Waals surface area contributed by atoms with Crippen molar-refractivity contribution in [1.29, 1.82) is 0 Å². The Bertz CT molecular complexity index is 842. The molecule has 2 amide bonds. The van der Waals surface area contributed by atoms with Crippen molar-refractivity contribution in [1.82, 2.24) is 9.88 Å². The summed E-state index contributed by atoms with van der Waals surface area (Å²) < 4.78 is 5.34. The third kappa shape index (κ3) is 2.80. The molecule has 2 fully saturated rings. The molecule has 0 unspecified atom stereocenters. The van der Waals surface area contributed by atoms with Gasteiger partial charge in [0.05, 0.1) is 18.9 Å². The molecule has 0 spiro atoms. The Hall–Kier alpha value is -2.93. The average Bonchev–Trinajstić information content (AvgIpc) is 3.21. The van der Waals surface area contributed by atoms with Gasteiger partial charge in [0.25, 0.3) is 0 Å². The fraction of sp³-hybridized carbons (Fsp3) is 0.316. The summed E-state index contributed by atoms with van der Waals surface area (Å²) in [6, 6.07) is 12.9. The fourth-order valence-corrected chi connectivity index (χ4v) is 3.67. The number of carbonyl (C=O) groups excluding carboxylic acids is 1. The number of amides is 2. The van der Waals surface area contributed by atoms with Gasteiger partial charge in [-0.25, -0.2) is 4.79 Å². The first-order valence-corrected chi connectivity index (χ1v) is 8.47. The van der Waals surface area contributed by atoms with E-state index >= 15 is 0 Å². The van der Waals surface area contributed by atoms with Crippen LogP contribution in [0.4, 0.5) is 10.5 Å². The molecule has 2 saturated heterocycles. The lowest BCUT2D eigenvalue weighted by Crippen LogP contribution is -2.41. The average molecular weight is 353 g/mol. The highest BCUT2D eigenvalue weighted by Crippen LogP contribution is 2.41.